The van der Waals surface area contributed by atoms with Crippen LogP contribution in [0.3, 0.4) is 0 Å². The van der Waals surface area contributed by atoms with Crippen molar-refractivity contribution in [3.8, 4) is 0 Å². The van der Waals surface area contributed by atoms with Crippen molar-refractivity contribution in [3.05, 3.63) is 0 Å². The Kier molecular flexibility index (Phi) is 4.70. The zero-order valence-electron chi connectivity index (χ0n) is 8.50. The van der Waals surface area contributed by atoms with Crippen LogP contribution in [0.25, 0.3) is 0 Å². The fourth-order valence-corrected chi connectivity index (χ4v) is 1.86. The third-order valence-electron chi connectivity index (χ3n) is 2.83. The van der Waals surface area contributed by atoms with Gasteiger partial charge in [-0.3, -0.25) is 0 Å². The van der Waals surface area contributed by atoms with Gasteiger partial charge in [-0.25, -0.2) is 0 Å². The van der Waals surface area contributed by atoms with Crippen LogP contribution < -0.4 is 11.1 Å². The average molecular weight is 186 g/mol. The molecule has 0 aromatic heterocycles. The van der Waals surface area contributed by atoms with Crippen LogP contribution in [0.2, 0.25) is 0 Å². The maximum Gasteiger partial charge on any atom is 0.0662 e. The molecule has 0 saturated heterocycles. The highest BCUT2D eigenvalue weighted by Crippen LogP contribution is 2.16. The van der Waals surface area contributed by atoms with Crippen molar-refractivity contribution in [2.24, 2.45) is 5.73 Å². The first-order valence-electron chi connectivity index (χ1n) is 5.39. The topological polar surface area (TPSA) is 58.3 Å². The zero-order valence-corrected chi connectivity index (χ0v) is 8.50. The van der Waals surface area contributed by atoms with Gasteiger partial charge in [0.25, 0.3) is 0 Å². The highest BCUT2D eigenvalue weighted by Gasteiger charge is 2.18. The highest BCUT2D eigenvalue weighted by molar-refractivity contribution is 4.80. The molecule has 78 valence electrons. The molecule has 13 heavy (non-hydrogen) atoms. The Hall–Kier alpha value is -0.120. The Labute approximate surface area is 80.7 Å². The second-order valence-corrected chi connectivity index (χ2v) is 4.09. The number of rotatable bonds is 4. The smallest absolute Gasteiger partial charge is 0.0662 e. The quantitative estimate of drug-likeness (QED) is 0.603. The van der Waals surface area contributed by atoms with E-state index in [1.165, 1.54) is 12.8 Å². The first-order chi connectivity index (χ1) is 6.22. The molecule has 3 heteroatoms. The molecule has 1 fully saturated rings. The van der Waals surface area contributed by atoms with E-state index in [2.05, 4.69) is 5.32 Å². The van der Waals surface area contributed by atoms with E-state index in [1.54, 1.807) is 0 Å². The van der Waals surface area contributed by atoms with Gasteiger partial charge in [-0.1, -0.05) is 13.3 Å². The van der Waals surface area contributed by atoms with E-state index in [1.807, 2.05) is 6.92 Å². The van der Waals surface area contributed by atoms with Gasteiger partial charge in [0.1, 0.15) is 0 Å². The van der Waals surface area contributed by atoms with Gasteiger partial charge in [0, 0.05) is 18.6 Å². The lowest BCUT2D eigenvalue weighted by molar-refractivity contribution is 0.158. The van der Waals surface area contributed by atoms with Crippen molar-refractivity contribution < 1.29 is 5.11 Å². The van der Waals surface area contributed by atoms with E-state index in [9.17, 15) is 5.11 Å². The number of hydrogen-bond donors (Lipinski definition) is 3. The maximum absolute atomic E-state index is 9.36. The van der Waals surface area contributed by atoms with Crippen molar-refractivity contribution in [2.75, 3.05) is 6.54 Å². The van der Waals surface area contributed by atoms with Gasteiger partial charge in [-0.05, 0) is 25.7 Å². The van der Waals surface area contributed by atoms with Crippen LogP contribution in [-0.4, -0.2) is 29.8 Å². The van der Waals surface area contributed by atoms with E-state index in [0.29, 0.717) is 18.6 Å². The van der Waals surface area contributed by atoms with Crippen LogP contribution in [-0.2, 0) is 0 Å². The second-order valence-electron chi connectivity index (χ2n) is 4.09. The number of aliphatic hydroxyl groups is 1. The number of hydrogen-bond acceptors (Lipinski definition) is 3. The lowest BCUT2D eigenvalue weighted by Crippen LogP contribution is -2.42. The molecule has 0 heterocycles. The first-order valence-corrected chi connectivity index (χ1v) is 5.39. The monoisotopic (exact) mass is 186 g/mol. The third kappa shape index (κ3) is 4.07. The summed E-state index contributed by atoms with van der Waals surface area (Å²) in [5.41, 5.74) is 5.86. The van der Waals surface area contributed by atoms with Crippen molar-refractivity contribution in [2.45, 2.75) is 57.2 Å². The average Bonchev–Trinajstić information content (AvgIpc) is 2.14. The summed E-state index contributed by atoms with van der Waals surface area (Å²) in [5, 5.41) is 12.7. The predicted octanol–water partition coefficient (Wildman–Crippen LogP) is 0.617. The Morgan fingerprint density at radius 1 is 1.54 bits per heavy atom. The largest absolute Gasteiger partial charge is 0.392 e. The fraction of sp³-hybridized carbons (Fsp3) is 1.00. The minimum atomic E-state index is -0.196. The zero-order chi connectivity index (χ0) is 9.68. The van der Waals surface area contributed by atoms with E-state index in [0.717, 1.165) is 19.3 Å². The molecule has 0 amide bonds. The van der Waals surface area contributed by atoms with E-state index in [4.69, 9.17) is 5.73 Å². The molecule has 0 bridgehead atoms. The minimum absolute atomic E-state index is 0.196. The first kappa shape index (κ1) is 11.0. The fourth-order valence-electron chi connectivity index (χ4n) is 1.86. The molecule has 0 radical (unpaired) electrons. The second kappa shape index (κ2) is 5.58. The lowest BCUT2D eigenvalue weighted by atomic mass is 9.91. The summed E-state index contributed by atoms with van der Waals surface area (Å²) >= 11 is 0. The van der Waals surface area contributed by atoms with E-state index in [-0.39, 0.29) is 6.10 Å². The standard InChI is InChI=1S/C10H22N2O/c1-2-10(13)7-12-9-5-3-4-8(11)6-9/h8-10,12-13H,2-7,11H2,1H3. The molecule has 3 unspecified atom stereocenters. The normalized spacial score (nSPS) is 31.6. The Morgan fingerprint density at radius 2 is 2.31 bits per heavy atom. The van der Waals surface area contributed by atoms with Crippen molar-refractivity contribution in [1.82, 2.24) is 5.32 Å². The van der Waals surface area contributed by atoms with Crippen molar-refractivity contribution >= 4 is 0 Å². The molecule has 3 nitrogen and oxygen atoms in total. The summed E-state index contributed by atoms with van der Waals surface area (Å²) in [4.78, 5) is 0. The summed E-state index contributed by atoms with van der Waals surface area (Å²) in [6.45, 7) is 2.72. The number of aliphatic hydroxyl groups excluding tert-OH is 1. The molecule has 0 aliphatic heterocycles. The highest BCUT2D eigenvalue weighted by atomic mass is 16.3. The molecule has 1 rings (SSSR count). The van der Waals surface area contributed by atoms with Crippen LogP contribution in [0.4, 0.5) is 0 Å². The van der Waals surface area contributed by atoms with Gasteiger partial charge >= 0.3 is 0 Å². The van der Waals surface area contributed by atoms with Gasteiger partial charge in [-0.2, -0.15) is 0 Å². The predicted molar refractivity (Wildman–Crippen MR) is 54.5 cm³/mol. The van der Waals surface area contributed by atoms with Gasteiger partial charge in [0.05, 0.1) is 6.10 Å². The van der Waals surface area contributed by atoms with E-state index >= 15 is 0 Å². The molecule has 3 atom stereocenters. The molecule has 4 N–H and O–H groups in total. The summed E-state index contributed by atoms with van der Waals surface area (Å²) < 4.78 is 0. The number of nitrogens with two attached hydrogens (primary N) is 1. The summed E-state index contributed by atoms with van der Waals surface area (Å²) in [7, 11) is 0. The molecular weight excluding hydrogens is 164 g/mol. The van der Waals surface area contributed by atoms with Crippen molar-refractivity contribution in [1.29, 1.82) is 0 Å². The molecule has 0 spiro atoms. The summed E-state index contributed by atoms with van der Waals surface area (Å²) in [5.74, 6) is 0. The van der Waals surface area contributed by atoms with Crippen LogP contribution in [0.5, 0.6) is 0 Å². The number of nitrogens with one attached hydrogen (secondary N) is 1. The van der Waals surface area contributed by atoms with Crippen molar-refractivity contribution in [3.63, 3.8) is 0 Å². The minimum Gasteiger partial charge on any atom is -0.392 e. The van der Waals surface area contributed by atoms with Gasteiger partial charge in [0.2, 0.25) is 0 Å². The molecule has 1 aliphatic carbocycles. The van der Waals surface area contributed by atoms with Gasteiger partial charge < -0.3 is 16.2 Å². The molecule has 1 saturated carbocycles. The van der Waals surface area contributed by atoms with Crippen LogP contribution in [0.15, 0.2) is 0 Å². The van der Waals surface area contributed by atoms with Crippen LogP contribution >= 0.6 is 0 Å². The van der Waals surface area contributed by atoms with Gasteiger partial charge in [-0.15, -0.1) is 0 Å². The maximum atomic E-state index is 9.36. The SMILES string of the molecule is CCC(O)CNC1CCCC(N)C1. The van der Waals surface area contributed by atoms with Gasteiger partial charge in [0.15, 0.2) is 0 Å². The molecule has 0 aromatic rings. The third-order valence-corrected chi connectivity index (χ3v) is 2.83. The Bertz CT molecular complexity index is 141. The molecule has 0 aromatic carbocycles. The van der Waals surface area contributed by atoms with Crippen LogP contribution in [0, 0.1) is 0 Å². The summed E-state index contributed by atoms with van der Waals surface area (Å²) in [6, 6.07) is 0.898. The Balaban J connectivity index is 2.13. The lowest BCUT2D eigenvalue weighted by Gasteiger charge is -2.28. The van der Waals surface area contributed by atoms with E-state index < -0.39 is 0 Å². The van der Waals surface area contributed by atoms with Crippen LogP contribution in [0.1, 0.15) is 39.0 Å². The summed E-state index contributed by atoms with van der Waals surface area (Å²) in [6.07, 6.45) is 5.29. The Morgan fingerprint density at radius 3 is 2.92 bits per heavy atom. The molecule has 1 aliphatic rings. The molecular formula is C10H22N2O.